The summed E-state index contributed by atoms with van der Waals surface area (Å²) in [6.45, 7) is 10.0. The highest BCUT2D eigenvalue weighted by Crippen LogP contribution is 2.19. The molecule has 1 saturated heterocycles. The average Bonchev–Trinajstić information content (AvgIpc) is 2.81. The Hall–Kier alpha value is -1.36. The van der Waals surface area contributed by atoms with E-state index in [4.69, 9.17) is 0 Å². The second-order valence-corrected chi connectivity index (χ2v) is 6.91. The number of nitrogens with zero attached hydrogens (tertiary/aromatic N) is 2. The molecule has 0 unspecified atom stereocenters. The first-order chi connectivity index (χ1) is 9.40. The number of hydrogen-bond donors (Lipinski definition) is 0. The van der Waals surface area contributed by atoms with E-state index in [9.17, 15) is 9.59 Å². The van der Waals surface area contributed by atoms with Gasteiger partial charge in [-0.1, -0.05) is 13.8 Å². The molecule has 1 aliphatic heterocycles. The third-order valence-corrected chi connectivity index (χ3v) is 4.43. The fraction of sp³-hybridized carbons (Fsp3) is 0.600. The van der Waals surface area contributed by atoms with E-state index in [-0.39, 0.29) is 17.9 Å². The van der Waals surface area contributed by atoms with Crippen molar-refractivity contribution in [3.05, 3.63) is 21.9 Å². The largest absolute Gasteiger partial charge is 0.339 e. The standard InChI is InChI=1S/C15H22N2O2S/c1-10(2)8-16-5-6-17(12(4)14(16)18)15(19)13-7-11(3)20-9-13/h7,9-10,12H,5-6,8H2,1-4H3/t12-/m1/s1. The van der Waals surface area contributed by atoms with Crippen molar-refractivity contribution in [1.82, 2.24) is 9.80 Å². The van der Waals surface area contributed by atoms with Gasteiger partial charge in [0.15, 0.2) is 0 Å². The molecule has 0 radical (unpaired) electrons. The molecule has 0 N–H and O–H groups in total. The molecular weight excluding hydrogens is 272 g/mol. The molecule has 0 saturated carbocycles. The summed E-state index contributed by atoms with van der Waals surface area (Å²) in [5.74, 6) is 0.484. The number of carbonyl (C=O) groups excluding carboxylic acids is 2. The summed E-state index contributed by atoms with van der Waals surface area (Å²) in [5.41, 5.74) is 0.699. The Morgan fingerprint density at radius 1 is 1.45 bits per heavy atom. The van der Waals surface area contributed by atoms with E-state index in [2.05, 4.69) is 13.8 Å². The lowest BCUT2D eigenvalue weighted by Crippen LogP contribution is -2.58. The first-order valence-corrected chi connectivity index (χ1v) is 7.93. The van der Waals surface area contributed by atoms with Gasteiger partial charge in [0.1, 0.15) is 6.04 Å². The van der Waals surface area contributed by atoms with Crippen LogP contribution in [-0.4, -0.2) is 47.3 Å². The second kappa shape index (κ2) is 5.95. The van der Waals surface area contributed by atoms with Crippen LogP contribution in [0.5, 0.6) is 0 Å². The summed E-state index contributed by atoms with van der Waals surface area (Å²) in [6, 6.07) is 1.53. The van der Waals surface area contributed by atoms with Gasteiger partial charge in [0, 0.05) is 29.9 Å². The molecule has 0 bridgehead atoms. The Morgan fingerprint density at radius 2 is 2.15 bits per heavy atom. The summed E-state index contributed by atoms with van der Waals surface area (Å²) in [7, 11) is 0. The molecule has 2 heterocycles. The van der Waals surface area contributed by atoms with Gasteiger partial charge in [0.25, 0.3) is 5.91 Å². The van der Waals surface area contributed by atoms with E-state index in [1.54, 1.807) is 16.2 Å². The molecule has 1 aromatic heterocycles. The first-order valence-electron chi connectivity index (χ1n) is 7.05. The number of carbonyl (C=O) groups is 2. The maximum Gasteiger partial charge on any atom is 0.255 e. The Morgan fingerprint density at radius 3 is 2.70 bits per heavy atom. The Bertz CT molecular complexity index is 510. The van der Waals surface area contributed by atoms with Crippen molar-refractivity contribution >= 4 is 23.2 Å². The van der Waals surface area contributed by atoms with E-state index >= 15 is 0 Å². The summed E-state index contributed by atoms with van der Waals surface area (Å²) >= 11 is 1.56. The van der Waals surface area contributed by atoms with E-state index < -0.39 is 0 Å². The zero-order valence-electron chi connectivity index (χ0n) is 12.5. The average molecular weight is 294 g/mol. The Balaban J connectivity index is 2.08. The number of rotatable bonds is 3. The molecule has 1 aliphatic rings. The summed E-state index contributed by atoms with van der Waals surface area (Å²) in [6.07, 6.45) is 0. The predicted octanol–water partition coefficient (Wildman–Crippen LogP) is 2.39. The van der Waals surface area contributed by atoms with Crippen molar-refractivity contribution in [2.75, 3.05) is 19.6 Å². The lowest BCUT2D eigenvalue weighted by Gasteiger charge is -2.39. The summed E-state index contributed by atoms with van der Waals surface area (Å²) in [5, 5.41) is 1.87. The molecule has 20 heavy (non-hydrogen) atoms. The third kappa shape index (κ3) is 3.03. The van der Waals surface area contributed by atoms with E-state index in [1.165, 1.54) is 0 Å². The maximum absolute atomic E-state index is 12.5. The van der Waals surface area contributed by atoms with Crippen molar-refractivity contribution < 1.29 is 9.59 Å². The SMILES string of the molecule is Cc1cc(C(=O)N2CCN(CC(C)C)C(=O)[C@H]2C)cs1. The Labute approximate surface area is 124 Å². The summed E-state index contributed by atoms with van der Waals surface area (Å²) in [4.78, 5) is 29.5. The monoisotopic (exact) mass is 294 g/mol. The van der Waals surface area contributed by atoms with Gasteiger partial charge >= 0.3 is 0 Å². The van der Waals surface area contributed by atoms with Crippen molar-refractivity contribution in [3.8, 4) is 0 Å². The molecule has 2 amide bonds. The van der Waals surface area contributed by atoms with Crippen LogP contribution in [0.15, 0.2) is 11.4 Å². The van der Waals surface area contributed by atoms with Crippen LogP contribution in [0.4, 0.5) is 0 Å². The first kappa shape index (κ1) is 15.0. The molecule has 0 spiro atoms. The number of piperazine rings is 1. The highest BCUT2D eigenvalue weighted by molar-refractivity contribution is 7.10. The fourth-order valence-corrected chi connectivity index (χ4v) is 3.23. The molecule has 4 nitrogen and oxygen atoms in total. The van der Waals surface area contributed by atoms with Crippen LogP contribution >= 0.6 is 11.3 Å². The zero-order chi connectivity index (χ0) is 14.9. The normalized spacial score (nSPS) is 19.9. The van der Waals surface area contributed by atoms with E-state index in [0.29, 0.717) is 24.6 Å². The maximum atomic E-state index is 12.5. The van der Waals surface area contributed by atoms with Crippen LogP contribution in [0.1, 0.15) is 36.0 Å². The number of hydrogen-bond acceptors (Lipinski definition) is 3. The quantitative estimate of drug-likeness (QED) is 0.859. The lowest BCUT2D eigenvalue weighted by molar-refractivity contribution is -0.140. The minimum absolute atomic E-state index is 0.0283. The molecule has 1 atom stereocenters. The van der Waals surface area contributed by atoms with Crippen molar-refractivity contribution in [2.24, 2.45) is 5.92 Å². The van der Waals surface area contributed by atoms with Gasteiger partial charge in [-0.05, 0) is 25.8 Å². The molecule has 110 valence electrons. The molecule has 1 fully saturated rings. The Kier molecular flexibility index (Phi) is 4.48. The van der Waals surface area contributed by atoms with Gasteiger partial charge in [-0.25, -0.2) is 0 Å². The molecule has 0 aliphatic carbocycles. The number of thiophene rings is 1. The van der Waals surface area contributed by atoms with Gasteiger partial charge < -0.3 is 9.80 Å². The minimum Gasteiger partial charge on any atom is -0.339 e. The van der Waals surface area contributed by atoms with Gasteiger partial charge in [-0.15, -0.1) is 11.3 Å². The second-order valence-electron chi connectivity index (χ2n) is 5.80. The molecular formula is C15H22N2O2S. The van der Waals surface area contributed by atoms with E-state index in [1.807, 2.05) is 30.2 Å². The fourth-order valence-electron chi connectivity index (χ4n) is 2.55. The van der Waals surface area contributed by atoms with Gasteiger partial charge in [-0.2, -0.15) is 0 Å². The van der Waals surface area contributed by atoms with E-state index in [0.717, 1.165) is 11.4 Å². The minimum atomic E-state index is -0.366. The van der Waals surface area contributed by atoms with Gasteiger partial charge in [-0.3, -0.25) is 9.59 Å². The number of amides is 2. The molecule has 5 heteroatoms. The topological polar surface area (TPSA) is 40.6 Å². The van der Waals surface area contributed by atoms with Crippen LogP contribution in [-0.2, 0) is 4.79 Å². The van der Waals surface area contributed by atoms with Gasteiger partial charge in [0.2, 0.25) is 5.91 Å². The molecule has 0 aromatic carbocycles. The predicted molar refractivity (Wildman–Crippen MR) is 81.0 cm³/mol. The van der Waals surface area contributed by atoms with Gasteiger partial charge in [0.05, 0.1) is 5.56 Å². The third-order valence-electron chi connectivity index (χ3n) is 3.57. The molecule has 1 aromatic rings. The van der Waals surface area contributed by atoms with Crippen molar-refractivity contribution in [3.63, 3.8) is 0 Å². The molecule has 2 rings (SSSR count). The highest BCUT2D eigenvalue weighted by Gasteiger charge is 2.34. The van der Waals surface area contributed by atoms with Crippen molar-refractivity contribution in [2.45, 2.75) is 33.7 Å². The summed E-state index contributed by atoms with van der Waals surface area (Å²) < 4.78 is 0. The lowest BCUT2D eigenvalue weighted by atomic mass is 10.1. The highest BCUT2D eigenvalue weighted by atomic mass is 32.1. The number of aryl methyl sites for hydroxylation is 1. The van der Waals surface area contributed by atoms with Crippen LogP contribution in [0.25, 0.3) is 0 Å². The van der Waals surface area contributed by atoms with Crippen LogP contribution in [0.2, 0.25) is 0 Å². The van der Waals surface area contributed by atoms with Crippen molar-refractivity contribution in [1.29, 1.82) is 0 Å². The van der Waals surface area contributed by atoms with Crippen LogP contribution in [0.3, 0.4) is 0 Å². The smallest absolute Gasteiger partial charge is 0.255 e. The van der Waals surface area contributed by atoms with Crippen LogP contribution < -0.4 is 0 Å². The zero-order valence-corrected chi connectivity index (χ0v) is 13.4. The van der Waals surface area contributed by atoms with Crippen LogP contribution in [0, 0.1) is 12.8 Å².